The Morgan fingerprint density at radius 1 is 1.20 bits per heavy atom. The second kappa shape index (κ2) is 6.18. The van der Waals surface area contributed by atoms with Gasteiger partial charge >= 0.3 is 0 Å². The van der Waals surface area contributed by atoms with E-state index >= 15 is 0 Å². The van der Waals surface area contributed by atoms with E-state index in [1.165, 1.54) is 0 Å². The second-order valence-electron chi connectivity index (χ2n) is 6.38. The minimum absolute atomic E-state index is 0.236. The summed E-state index contributed by atoms with van der Waals surface area (Å²) in [5.41, 5.74) is 4.55. The molecule has 0 aliphatic heterocycles. The van der Waals surface area contributed by atoms with Crippen LogP contribution in [-0.2, 0) is 6.42 Å². The molecule has 2 unspecified atom stereocenters. The Morgan fingerprint density at radius 2 is 1.96 bits per heavy atom. The zero-order valence-corrected chi connectivity index (χ0v) is 13.9. The van der Waals surface area contributed by atoms with Gasteiger partial charge in [0.2, 0.25) is 0 Å². The number of amides is 1. The molecule has 0 bridgehead atoms. The van der Waals surface area contributed by atoms with Crippen LogP contribution in [0.25, 0.3) is 5.69 Å². The zero-order valence-electron chi connectivity index (χ0n) is 13.9. The fourth-order valence-corrected chi connectivity index (χ4v) is 3.36. The number of nitrogens with zero attached hydrogens (tertiary/aromatic N) is 2. The minimum Gasteiger partial charge on any atom is -0.390 e. The van der Waals surface area contributed by atoms with Crippen molar-refractivity contribution in [2.24, 2.45) is 0 Å². The standard InChI is InChI=1S/C20H19N3O2/c1-13-6-2-5-9-17(13)23-12-15(11-21-23)20(25)22-19-16-8-4-3-7-14(16)10-18(19)24/h2-9,11-12,18-19,24H,10H2,1H3,(H,22,25). The van der Waals surface area contributed by atoms with Crippen molar-refractivity contribution in [1.82, 2.24) is 15.1 Å². The Balaban J connectivity index is 1.56. The summed E-state index contributed by atoms with van der Waals surface area (Å²) in [4.78, 5) is 12.6. The lowest BCUT2D eigenvalue weighted by atomic mass is 10.1. The number of carbonyl (C=O) groups excluding carboxylic acids is 1. The highest BCUT2D eigenvalue weighted by molar-refractivity contribution is 5.94. The Bertz CT molecular complexity index is 932. The van der Waals surface area contributed by atoms with Crippen LogP contribution >= 0.6 is 0 Å². The number of aliphatic hydroxyl groups is 1. The van der Waals surface area contributed by atoms with Gasteiger partial charge in [0.1, 0.15) is 0 Å². The number of hydrogen-bond acceptors (Lipinski definition) is 3. The second-order valence-corrected chi connectivity index (χ2v) is 6.38. The van der Waals surface area contributed by atoms with E-state index in [9.17, 15) is 9.90 Å². The number of hydrogen-bond donors (Lipinski definition) is 2. The number of benzene rings is 2. The third-order valence-electron chi connectivity index (χ3n) is 4.70. The van der Waals surface area contributed by atoms with Gasteiger partial charge in [-0.25, -0.2) is 4.68 Å². The molecule has 2 N–H and O–H groups in total. The molecule has 1 aliphatic rings. The van der Waals surface area contributed by atoms with Gasteiger partial charge in [-0.1, -0.05) is 42.5 Å². The molecule has 2 aromatic carbocycles. The number of para-hydroxylation sites is 1. The first kappa shape index (κ1) is 15.6. The smallest absolute Gasteiger partial charge is 0.255 e. The van der Waals surface area contributed by atoms with Crippen molar-refractivity contribution in [1.29, 1.82) is 0 Å². The van der Waals surface area contributed by atoms with Gasteiger partial charge < -0.3 is 10.4 Å². The van der Waals surface area contributed by atoms with E-state index in [0.717, 1.165) is 22.4 Å². The highest BCUT2D eigenvalue weighted by atomic mass is 16.3. The van der Waals surface area contributed by atoms with Crippen molar-refractivity contribution in [2.45, 2.75) is 25.5 Å². The summed E-state index contributed by atoms with van der Waals surface area (Å²) < 4.78 is 1.70. The van der Waals surface area contributed by atoms with Crippen LogP contribution in [0.4, 0.5) is 0 Å². The average molecular weight is 333 g/mol. The normalized spacial score (nSPS) is 18.8. The first-order valence-corrected chi connectivity index (χ1v) is 8.31. The largest absolute Gasteiger partial charge is 0.390 e. The van der Waals surface area contributed by atoms with Gasteiger partial charge in [0, 0.05) is 12.6 Å². The van der Waals surface area contributed by atoms with Crippen molar-refractivity contribution >= 4 is 5.91 Å². The molecular weight excluding hydrogens is 314 g/mol. The third kappa shape index (κ3) is 2.83. The first-order valence-electron chi connectivity index (χ1n) is 8.31. The van der Waals surface area contributed by atoms with Gasteiger partial charge in [-0.3, -0.25) is 4.79 Å². The van der Waals surface area contributed by atoms with E-state index < -0.39 is 6.10 Å². The number of nitrogens with one attached hydrogen (secondary N) is 1. The summed E-state index contributed by atoms with van der Waals surface area (Å²) in [6, 6.07) is 15.3. The van der Waals surface area contributed by atoms with E-state index in [1.807, 2.05) is 55.5 Å². The maximum atomic E-state index is 12.6. The Hall–Kier alpha value is -2.92. The van der Waals surface area contributed by atoms with E-state index in [0.29, 0.717) is 12.0 Å². The van der Waals surface area contributed by atoms with Crippen LogP contribution in [-0.4, -0.2) is 26.9 Å². The molecule has 25 heavy (non-hydrogen) atoms. The number of aliphatic hydroxyl groups excluding tert-OH is 1. The van der Waals surface area contributed by atoms with E-state index in [-0.39, 0.29) is 11.9 Å². The lowest BCUT2D eigenvalue weighted by Gasteiger charge is -2.17. The maximum absolute atomic E-state index is 12.6. The van der Waals surface area contributed by atoms with Gasteiger partial charge in [-0.15, -0.1) is 0 Å². The third-order valence-corrected chi connectivity index (χ3v) is 4.70. The molecule has 0 fully saturated rings. The number of aromatic nitrogens is 2. The van der Waals surface area contributed by atoms with E-state index in [1.54, 1.807) is 17.1 Å². The average Bonchev–Trinajstić information content (AvgIpc) is 3.21. The number of carbonyl (C=O) groups is 1. The van der Waals surface area contributed by atoms with Crippen LogP contribution in [0.3, 0.4) is 0 Å². The molecule has 1 aromatic heterocycles. The van der Waals surface area contributed by atoms with Gasteiger partial charge in [0.15, 0.2) is 0 Å². The molecule has 0 saturated carbocycles. The monoisotopic (exact) mass is 333 g/mol. The first-order chi connectivity index (χ1) is 12.1. The van der Waals surface area contributed by atoms with Crippen molar-refractivity contribution in [3.8, 4) is 5.69 Å². The maximum Gasteiger partial charge on any atom is 0.255 e. The van der Waals surface area contributed by atoms with Crippen molar-refractivity contribution in [3.05, 3.63) is 83.2 Å². The molecule has 1 heterocycles. The quantitative estimate of drug-likeness (QED) is 0.774. The fourth-order valence-electron chi connectivity index (χ4n) is 3.36. The van der Waals surface area contributed by atoms with Crippen LogP contribution in [0, 0.1) is 6.92 Å². The van der Waals surface area contributed by atoms with Crippen LogP contribution in [0.5, 0.6) is 0 Å². The van der Waals surface area contributed by atoms with Crippen LogP contribution in [0.2, 0.25) is 0 Å². The van der Waals surface area contributed by atoms with Crippen LogP contribution in [0.15, 0.2) is 60.9 Å². The summed E-state index contributed by atoms with van der Waals surface area (Å²) in [5, 5.41) is 17.5. The minimum atomic E-state index is -0.604. The highest BCUT2D eigenvalue weighted by Gasteiger charge is 2.32. The molecule has 2 atom stereocenters. The lowest BCUT2D eigenvalue weighted by Crippen LogP contribution is -2.33. The Morgan fingerprint density at radius 3 is 2.80 bits per heavy atom. The Kier molecular flexibility index (Phi) is 3.86. The number of fused-ring (bicyclic) bond motifs is 1. The summed E-state index contributed by atoms with van der Waals surface area (Å²) in [5.74, 6) is -0.236. The van der Waals surface area contributed by atoms with Crippen molar-refractivity contribution in [2.75, 3.05) is 0 Å². The molecule has 3 aromatic rings. The summed E-state index contributed by atoms with van der Waals surface area (Å²) in [6.07, 6.45) is 3.22. The lowest BCUT2D eigenvalue weighted by molar-refractivity contribution is 0.0858. The highest BCUT2D eigenvalue weighted by Crippen LogP contribution is 2.31. The summed E-state index contributed by atoms with van der Waals surface area (Å²) in [6.45, 7) is 2.00. The van der Waals surface area contributed by atoms with Gasteiger partial charge in [0.25, 0.3) is 5.91 Å². The molecule has 1 amide bonds. The van der Waals surface area contributed by atoms with Crippen LogP contribution in [0.1, 0.15) is 33.1 Å². The molecule has 0 radical (unpaired) electrons. The molecule has 1 aliphatic carbocycles. The Labute approximate surface area is 145 Å². The van der Waals surface area contributed by atoms with Crippen LogP contribution < -0.4 is 5.32 Å². The van der Waals surface area contributed by atoms with E-state index in [2.05, 4.69) is 10.4 Å². The van der Waals surface area contributed by atoms with Crippen molar-refractivity contribution in [3.63, 3.8) is 0 Å². The predicted molar refractivity (Wildman–Crippen MR) is 94.7 cm³/mol. The fraction of sp³-hybridized carbons (Fsp3) is 0.200. The molecule has 5 heteroatoms. The van der Waals surface area contributed by atoms with Gasteiger partial charge in [0.05, 0.1) is 29.6 Å². The molecule has 5 nitrogen and oxygen atoms in total. The number of aryl methyl sites for hydroxylation is 1. The summed E-state index contributed by atoms with van der Waals surface area (Å²) >= 11 is 0. The van der Waals surface area contributed by atoms with Gasteiger partial charge in [-0.05, 0) is 29.7 Å². The summed E-state index contributed by atoms with van der Waals surface area (Å²) in [7, 11) is 0. The topological polar surface area (TPSA) is 67.2 Å². The van der Waals surface area contributed by atoms with Gasteiger partial charge in [-0.2, -0.15) is 5.10 Å². The predicted octanol–water partition coefficient (Wildman–Crippen LogP) is 2.57. The molecule has 0 spiro atoms. The molecule has 4 rings (SSSR count). The molecule has 0 saturated heterocycles. The van der Waals surface area contributed by atoms with Crippen molar-refractivity contribution < 1.29 is 9.90 Å². The molecular formula is C20H19N3O2. The SMILES string of the molecule is Cc1ccccc1-n1cc(C(=O)NC2c3ccccc3CC2O)cn1. The number of rotatable bonds is 3. The van der Waals surface area contributed by atoms with E-state index in [4.69, 9.17) is 0 Å². The molecule has 126 valence electrons. The zero-order chi connectivity index (χ0) is 17.4.